The third-order valence-electron chi connectivity index (χ3n) is 4.33. The number of hydrogen-bond donors (Lipinski definition) is 1. The first kappa shape index (κ1) is 24.1. The van der Waals surface area contributed by atoms with Crippen molar-refractivity contribution in [2.45, 2.75) is 6.92 Å². The molecule has 0 aromatic heterocycles. The molecule has 0 aliphatic rings. The maximum atomic E-state index is 12.5. The van der Waals surface area contributed by atoms with Gasteiger partial charge in [0.2, 0.25) is 0 Å². The van der Waals surface area contributed by atoms with Crippen LogP contribution in [0.4, 0.5) is 0 Å². The van der Waals surface area contributed by atoms with Crippen LogP contribution in [0.15, 0.2) is 65.8 Å². The third kappa shape index (κ3) is 6.47. The summed E-state index contributed by atoms with van der Waals surface area (Å²) in [6.07, 6.45) is 1.45. The first-order valence-corrected chi connectivity index (χ1v) is 10.6. The number of amides is 1. The van der Waals surface area contributed by atoms with Crippen molar-refractivity contribution in [3.63, 3.8) is 0 Å². The van der Waals surface area contributed by atoms with Crippen LogP contribution in [0.25, 0.3) is 0 Å². The second kappa shape index (κ2) is 11.4. The number of carbonyl (C=O) groups is 2. The van der Waals surface area contributed by atoms with Gasteiger partial charge in [0.1, 0.15) is 5.75 Å². The number of benzene rings is 3. The topological polar surface area (TPSA) is 86.2 Å². The van der Waals surface area contributed by atoms with Crippen LogP contribution < -0.4 is 19.6 Å². The summed E-state index contributed by atoms with van der Waals surface area (Å²) in [6, 6.07) is 16.1. The number of hydrazone groups is 1. The molecule has 0 fully saturated rings. The lowest BCUT2D eigenvalue weighted by Gasteiger charge is -2.12. The number of ether oxygens (including phenoxy) is 3. The van der Waals surface area contributed by atoms with Crippen LogP contribution in [-0.2, 0) is 0 Å². The minimum absolute atomic E-state index is 0.175. The van der Waals surface area contributed by atoms with Crippen LogP contribution in [0.3, 0.4) is 0 Å². The molecule has 1 N–H and O–H groups in total. The van der Waals surface area contributed by atoms with Gasteiger partial charge in [-0.2, -0.15) is 5.10 Å². The van der Waals surface area contributed by atoms with Gasteiger partial charge in [-0.25, -0.2) is 10.2 Å². The summed E-state index contributed by atoms with van der Waals surface area (Å²) in [5.41, 5.74) is 3.65. The molecular weight excluding hydrogens is 467 g/mol. The SMILES string of the molecule is CCOc1cc(C=NNC(=O)c2cccc(OC)c2)ccc1OC(=O)c1ccc(Cl)cc1Cl. The lowest BCUT2D eigenvalue weighted by molar-refractivity contribution is 0.0728. The van der Waals surface area contributed by atoms with E-state index in [1.807, 2.05) is 0 Å². The smallest absolute Gasteiger partial charge is 0.345 e. The Morgan fingerprint density at radius 3 is 2.58 bits per heavy atom. The highest BCUT2D eigenvalue weighted by Crippen LogP contribution is 2.30. The summed E-state index contributed by atoms with van der Waals surface area (Å²) in [6.45, 7) is 2.15. The molecule has 9 heteroatoms. The summed E-state index contributed by atoms with van der Waals surface area (Å²) < 4.78 is 16.2. The van der Waals surface area contributed by atoms with Crippen molar-refractivity contribution in [3.05, 3.63) is 87.4 Å². The molecule has 3 aromatic carbocycles. The Morgan fingerprint density at radius 2 is 1.85 bits per heavy atom. The molecule has 0 saturated carbocycles. The predicted molar refractivity (Wildman–Crippen MR) is 127 cm³/mol. The van der Waals surface area contributed by atoms with E-state index in [-0.39, 0.29) is 22.2 Å². The minimum atomic E-state index is -0.649. The maximum absolute atomic E-state index is 12.5. The molecule has 0 unspecified atom stereocenters. The van der Waals surface area contributed by atoms with Crippen molar-refractivity contribution in [2.24, 2.45) is 5.10 Å². The van der Waals surface area contributed by atoms with E-state index in [1.165, 1.54) is 25.5 Å². The van der Waals surface area contributed by atoms with Gasteiger partial charge in [0.25, 0.3) is 5.91 Å². The molecule has 0 atom stereocenters. The van der Waals surface area contributed by atoms with Gasteiger partial charge in [0.05, 0.1) is 30.5 Å². The van der Waals surface area contributed by atoms with Gasteiger partial charge in [-0.3, -0.25) is 4.79 Å². The maximum Gasteiger partial charge on any atom is 0.345 e. The van der Waals surface area contributed by atoms with Crippen molar-refractivity contribution in [3.8, 4) is 17.2 Å². The lowest BCUT2D eigenvalue weighted by Crippen LogP contribution is -2.17. The van der Waals surface area contributed by atoms with E-state index >= 15 is 0 Å². The summed E-state index contributed by atoms with van der Waals surface area (Å²) in [5, 5.41) is 4.57. The van der Waals surface area contributed by atoms with Crippen LogP contribution >= 0.6 is 23.2 Å². The van der Waals surface area contributed by atoms with Gasteiger partial charge in [-0.05, 0) is 67.1 Å². The third-order valence-corrected chi connectivity index (χ3v) is 4.88. The Labute approximate surface area is 200 Å². The zero-order chi connectivity index (χ0) is 23.8. The van der Waals surface area contributed by atoms with Crippen LogP contribution in [-0.4, -0.2) is 31.8 Å². The molecule has 0 heterocycles. The van der Waals surface area contributed by atoms with Gasteiger partial charge < -0.3 is 14.2 Å². The molecule has 0 aliphatic heterocycles. The van der Waals surface area contributed by atoms with Crippen molar-refractivity contribution in [1.29, 1.82) is 0 Å². The minimum Gasteiger partial charge on any atom is -0.497 e. The Morgan fingerprint density at radius 1 is 1.03 bits per heavy atom. The Kier molecular flexibility index (Phi) is 8.29. The van der Waals surface area contributed by atoms with E-state index in [4.69, 9.17) is 37.4 Å². The molecule has 170 valence electrons. The molecule has 0 bridgehead atoms. The molecule has 0 aliphatic carbocycles. The molecule has 0 spiro atoms. The Balaban J connectivity index is 1.72. The van der Waals surface area contributed by atoms with E-state index in [1.54, 1.807) is 55.5 Å². The fourth-order valence-electron chi connectivity index (χ4n) is 2.76. The number of hydrogen-bond acceptors (Lipinski definition) is 6. The van der Waals surface area contributed by atoms with Crippen LogP contribution in [0.1, 0.15) is 33.2 Å². The highest BCUT2D eigenvalue weighted by molar-refractivity contribution is 6.36. The summed E-state index contributed by atoms with van der Waals surface area (Å²) in [4.78, 5) is 24.8. The fraction of sp³-hybridized carbons (Fsp3) is 0.125. The fourth-order valence-corrected chi connectivity index (χ4v) is 3.25. The molecule has 0 saturated heterocycles. The first-order chi connectivity index (χ1) is 15.9. The monoisotopic (exact) mass is 486 g/mol. The first-order valence-electron chi connectivity index (χ1n) is 9.82. The highest BCUT2D eigenvalue weighted by atomic mass is 35.5. The van der Waals surface area contributed by atoms with Crippen molar-refractivity contribution < 1.29 is 23.8 Å². The van der Waals surface area contributed by atoms with Crippen molar-refractivity contribution in [1.82, 2.24) is 5.43 Å². The zero-order valence-corrected chi connectivity index (χ0v) is 19.3. The molecule has 1 amide bonds. The average molecular weight is 487 g/mol. The summed E-state index contributed by atoms with van der Waals surface area (Å²) in [7, 11) is 1.52. The van der Waals surface area contributed by atoms with E-state index in [0.717, 1.165) is 0 Å². The molecule has 33 heavy (non-hydrogen) atoms. The number of esters is 1. The second-order valence-electron chi connectivity index (χ2n) is 6.58. The summed E-state index contributed by atoms with van der Waals surface area (Å²) in [5.74, 6) is 0.0765. The molecule has 7 nitrogen and oxygen atoms in total. The molecule has 0 radical (unpaired) electrons. The average Bonchev–Trinajstić information content (AvgIpc) is 2.80. The van der Waals surface area contributed by atoms with E-state index < -0.39 is 5.97 Å². The van der Waals surface area contributed by atoms with E-state index in [9.17, 15) is 9.59 Å². The molecule has 3 rings (SSSR count). The van der Waals surface area contributed by atoms with Crippen LogP contribution in [0.2, 0.25) is 10.0 Å². The van der Waals surface area contributed by atoms with Crippen molar-refractivity contribution >= 4 is 41.3 Å². The van der Waals surface area contributed by atoms with Gasteiger partial charge in [-0.15, -0.1) is 0 Å². The highest BCUT2D eigenvalue weighted by Gasteiger charge is 2.16. The standard InChI is InChI=1S/C24H20Cl2N2O5/c1-3-32-22-11-15(14-27-28-23(29)16-5-4-6-18(12-16)31-2)7-10-21(22)33-24(30)19-9-8-17(25)13-20(19)26/h4-14H,3H2,1-2H3,(H,28,29). The molecule has 3 aromatic rings. The zero-order valence-electron chi connectivity index (χ0n) is 17.8. The van der Waals surface area contributed by atoms with Gasteiger partial charge in [0, 0.05) is 10.6 Å². The number of methoxy groups -OCH3 is 1. The van der Waals surface area contributed by atoms with Gasteiger partial charge >= 0.3 is 5.97 Å². The van der Waals surface area contributed by atoms with Gasteiger partial charge in [-0.1, -0.05) is 29.3 Å². The number of nitrogens with one attached hydrogen (secondary N) is 1. The van der Waals surface area contributed by atoms with E-state index in [2.05, 4.69) is 10.5 Å². The number of rotatable bonds is 8. The quantitative estimate of drug-likeness (QED) is 0.200. The van der Waals surface area contributed by atoms with Crippen LogP contribution in [0.5, 0.6) is 17.2 Å². The number of carbonyl (C=O) groups excluding carboxylic acids is 2. The van der Waals surface area contributed by atoms with Gasteiger partial charge in [0.15, 0.2) is 11.5 Å². The summed E-state index contributed by atoms with van der Waals surface area (Å²) >= 11 is 12.0. The largest absolute Gasteiger partial charge is 0.497 e. The van der Waals surface area contributed by atoms with Crippen molar-refractivity contribution in [2.75, 3.05) is 13.7 Å². The normalized spacial score (nSPS) is 10.7. The number of nitrogens with zero attached hydrogens (tertiary/aromatic N) is 1. The Bertz CT molecular complexity index is 1200. The number of halogens is 2. The molecular formula is C24H20Cl2N2O5. The predicted octanol–water partition coefficient (Wildman–Crippen LogP) is 5.38. The second-order valence-corrected chi connectivity index (χ2v) is 7.43. The Hall–Kier alpha value is -3.55. The van der Waals surface area contributed by atoms with E-state index in [0.29, 0.717) is 34.3 Å². The lowest BCUT2D eigenvalue weighted by atomic mass is 10.2. The van der Waals surface area contributed by atoms with Crippen LogP contribution in [0, 0.1) is 0 Å².